The van der Waals surface area contributed by atoms with E-state index in [0.29, 0.717) is 18.4 Å². The van der Waals surface area contributed by atoms with Gasteiger partial charge in [0.1, 0.15) is 17.7 Å². The van der Waals surface area contributed by atoms with Crippen LogP contribution in [0.2, 0.25) is 0 Å². The van der Waals surface area contributed by atoms with Crippen LogP contribution in [0.1, 0.15) is 6.92 Å². The number of carbonyl (C=O) groups excluding carboxylic acids is 1. The molecule has 0 radical (unpaired) electrons. The molecule has 0 spiro atoms. The first-order valence-corrected chi connectivity index (χ1v) is 8.60. The molecule has 0 bridgehead atoms. The number of hydrogen-bond donors (Lipinski definition) is 3. The minimum atomic E-state index is -1.66. The lowest BCUT2D eigenvalue weighted by Gasteiger charge is -2.17. The Morgan fingerprint density at radius 3 is 2.38 bits per heavy atom. The predicted molar refractivity (Wildman–Crippen MR) is 101 cm³/mol. The molecule has 10 heteroatoms. The van der Waals surface area contributed by atoms with E-state index in [1.165, 1.54) is 31.3 Å². The average Bonchev–Trinajstić information content (AvgIpc) is 2.70. The fraction of sp³-hybridized carbons (Fsp3) is 0.263. The van der Waals surface area contributed by atoms with Gasteiger partial charge in [0.15, 0.2) is 23.4 Å². The van der Waals surface area contributed by atoms with Crippen molar-refractivity contribution in [1.29, 1.82) is 0 Å². The SMILES string of the molecule is CN=C(NCC(=O)Nc1ccc(F)c(F)c1F)NCC(C)Oc1ccc(F)cc1. The third kappa shape index (κ3) is 6.66. The monoisotopic (exact) mass is 412 g/mol. The molecule has 0 saturated carbocycles. The van der Waals surface area contributed by atoms with E-state index in [1.807, 2.05) is 0 Å². The Balaban J connectivity index is 1.78. The zero-order chi connectivity index (χ0) is 21.4. The van der Waals surface area contributed by atoms with E-state index in [1.54, 1.807) is 6.92 Å². The predicted octanol–water partition coefficient (Wildman–Crippen LogP) is 2.81. The van der Waals surface area contributed by atoms with Crippen LogP contribution < -0.4 is 20.7 Å². The maximum absolute atomic E-state index is 13.6. The number of anilines is 1. The van der Waals surface area contributed by atoms with E-state index in [-0.39, 0.29) is 24.4 Å². The summed E-state index contributed by atoms with van der Waals surface area (Å²) in [6.45, 7) is 1.80. The normalized spacial score (nSPS) is 12.3. The topological polar surface area (TPSA) is 74.8 Å². The Morgan fingerprint density at radius 1 is 1.03 bits per heavy atom. The maximum Gasteiger partial charge on any atom is 0.243 e. The quantitative estimate of drug-likeness (QED) is 0.283. The molecule has 2 aromatic carbocycles. The van der Waals surface area contributed by atoms with Crippen molar-refractivity contribution in [2.24, 2.45) is 4.99 Å². The number of nitrogens with one attached hydrogen (secondary N) is 3. The molecule has 0 heterocycles. The number of aliphatic imine (C=N–C) groups is 1. The summed E-state index contributed by atoms with van der Waals surface area (Å²) in [5.41, 5.74) is -0.472. The Bertz CT molecular complexity index is 875. The number of nitrogens with zero attached hydrogens (tertiary/aromatic N) is 1. The van der Waals surface area contributed by atoms with Crippen LogP contribution in [0, 0.1) is 23.3 Å². The van der Waals surface area contributed by atoms with Crippen molar-refractivity contribution in [2.75, 3.05) is 25.5 Å². The number of guanidine groups is 1. The summed E-state index contributed by atoms with van der Waals surface area (Å²) in [4.78, 5) is 15.8. The molecular weight excluding hydrogens is 392 g/mol. The fourth-order valence-corrected chi connectivity index (χ4v) is 2.23. The van der Waals surface area contributed by atoms with Gasteiger partial charge in [0, 0.05) is 7.05 Å². The molecular formula is C19H20F4N4O2. The minimum Gasteiger partial charge on any atom is -0.489 e. The van der Waals surface area contributed by atoms with Gasteiger partial charge in [-0.15, -0.1) is 0 Å². The van der Waals surface area contributed by atoms with Gasteiger partial charge in [0.25, 0.3) is 0 Å². The van der Waals surface area contributed by atoms with Gasteiger partial charge in [-0.2, -0.15) is 0 Å². The molecule has 1 unspecified atom stereocenters. The Kier molecular flexibility index (Phi) is 7.81. The lowest BCUT2D eigenvalue weighted by Crippen LogP contribution is -2.44. The fourth-order valence-electron chi connectivity index (χ4n) is 2.23. The van der Waals surface area contributed by atoms with Gasteiger partial charge in [0.2, 0.25) is 5.91 Å². The standard InChI is InChI=1S/C19H20F4N4O2/c1-11(29-13-5-3-12(20)4-6-13)9-25-19(24-2)26-10-16(28)27-15-8-7-14(21)17(22)18(15)23/h3-8,11H,9-10H2,1-2H3,(H,27,28)(H2,24,25,26). The summed E-state index contributed by atoms with van der Waals surface area (Å²) >= 11 is 0. The zero-order valence-electron chi connectivity index (χ0n) is 15.7. The van der Waals surface area contributed by atoms with E-state index >= 15 is 0 Å². The average molecular weight is 412 g/mol. The maximum atomic E-state index is 13.6. The Labute approximate surface area is 165 Å². The summed E-state index contributed by atoms with van der Waals surface area (Å²) in [5, 5.41) is 7.76. The van der Waals surface area contributed by atoms with Crippen molar-refractivity contribution in [2.45, 2.75) is 13.0 Å². The van der Waals surface area contributed by atoms with Gasteiger partial charge < -0.3 is 20.7 Å². The summed E-state index contributed by atoms with van der Waals surface area (Å²) in [6.07, 6.45) is -0.302. The second-order valence-electron chi connectivity index (χ2n) is 5.96. The third-order valence-corrected chi connectivity index (χ3v) is 3.66. The molecule has 0 aliphatic carbocycles. The summed E-state index contributed by atoms with van der Waals surface area (Å²) in [6, 6.07) is 7.20. The number of benzene rings is 2. The summed E-state index contributed by atoms with van der Waals surface area (Å²) in [5.74, 6) is -4.78. The Morgan fingerprint density at radius 2 is 1.72 bits per heavy atom. The number of ether oxygens (including phenoxy) is 1. The van der Waals surface area contributed by atoms with Crippen LogP contribution in [0.4, 0.5) is 23.2 Å². The molecule has 0 aliphatic rings. The molecule has 2 rings (SSSR count). The second-order valence-corrected chi connectivity index (χ2v) is 5.96. The molecule has 29 heavy (non-hydrogen) atoms. The van der Waals surface area contributed by atoms with E-state index in [2.05, 4.69) is 20.9 Å². The molecule has 1 amide bonds. The summed E-state index contributed by atoms with van der Waals surface area (Å²) < 4.78 is 58.2. The first-order valence-electron chi connectivity index (χ1n) is 8.60. The van der Waals surface area contributed by atoms with Crippen molar-refractivity contribution >= 4 is 17.6 Å². The van der Waals surface area contributed by atoms with Gasteiger partial charge in [-0.05, 0) is 43.3 Å². The number of halogens is 4. The lowest BCUT2D eigenvalue weighted by atomic mass is 10.2. The van der Waals surface area contributed by atoms with Crippen LogP contribution >= 0.6 is 0 Å². The highest BCUT2D eigenvalue weighted by Crippen LogP contribution is 2.19. The van der Waals surface area contributed by atoms with Crippen molar-refractivity contribution in [3.63, 3.8) is 0 Å². The van der Waals surface area contributed by atoms with E-state index in [9.17, 15) is 22.4 Å². The van der Waals surface area contributed by atoms with E-state index in [4.69, 9.17) is 4.74 Å². The highest BCUT2D eigenvalue weighted by Gasteiger charge is 2.15. The third-order valence-electron chi connectivity index (χ3n) is 3.66. The Hall–Kier alpha value is -3.30. The van der Waals surface area contributed by atoms with Crippen LogP contribution in [0.25, 0.3) is 0 Å². The number of rotatable bonds is 7. The van der Waals surface area contributed by atoms with Crippen molar-refractivity contribution in [1.82, 2.24) is 10.6 Å². The van der Waals surface area contributed by atoms with Crippen LogP contribution in [0.15, 0.2) is 41.4 Å². The van der Waals surface area contributed by atoms with Crippen LogP contribution in [-0.2, 0) is 4.79 Å². The van der Waals surface area contributed by atoms with Crippen molar-refractivity contribution in [3.8, 4) is 5.75 Å². The molecule has 0 aromatic heterocycles. The first-order chi connectivity index (χ1) is 13.8. The molecule has 3 N–H and O–H groups in total. The molecule has 0 aliphatic heterocycles. The van der Waals surface area contributed by atoms with Crippen LogP contribution in [0.5, 0.6) is 5.75 Å². The first kappa shape index (κ1) is 22.0. The van der Waals surface area contributed by atoms with Crippen molar-refractivity contribution < 1.29 is 27.1 Å². The molecule has 2 aromatic rings. The van der Waals surface area contributed by atoms with E-state index < -0.39 is 29.0 Å². The van der Waals surface area contributed by atoms with Gasteiger partial charge >= 0.3 is 0 Å². The zero-order valence-corrected chi connectivity index (χ0v) is 15.7. The van der Waals surface area contributed by atoms with Crippen LogP contribution in [0.3, 0.4) is 0 Å². The highest BCUT2D eigenvalue weighted by molar-refractivity contribution is 5.95. The van der Waals surface area contributed by atoms with Crippen LogP contribution in [-0.4, -0.2) is 38.1 Å². The second kappa shape index (κ2) is 10.3. The van der Waals surface area contributed by atoms with E-state index in [0.717, 1.165) is 6.07 Å². The van der Waals surface area contributed by atoms with Crippen molar-refractivity contribution in [3.05, 3.63) is 59.7 Å². The smallest absolute Gasteiger partial charge is 0.243 e. The number of hydrogen-bond acceptors (Lipinski definition) is 3. The highest BCUT2D eigenvalue weighted by atomic mass is 19.2. The lowest BCUT2D eigenvalue weighted by molar-refractivity contribution is -0.115. The van der Waals surface area contributed by atoms with Gasteiger partial charge in [-0.1, -0.05) is 0 Å². The molecule has 0 saturated heterocycles. The largest absolute Gasteiger partial charge is 0.489 e. The van der Waals surface area contributed by atoms with Gasteiger partial charge in [0.05, 0.1) is 18.8 Å². The van der Waals surface area contributed by atoms with Gasteiger partial charge in [-0.3, -0.25) is 9.79 Å². The molecule has 6 nitrogen and oxygen atoms in total. The number of amides is 1. The molecule has 0 fully saturated rings. The molecule has 1 atom stereocenters. The number of carbonyl (C=O) groups is 1. The molecule has 156 valence electrons. The minimum absolute atomic E-state index is 0.264. The summed E-state index contributed by atoms with van der Waals surface area (Å²) in [7, 11) is 1.48. The van der Waals surface area contributed by atoms with Gasteiger partial charge in [-0.25, -0.2) is 17.6 Å².